The molecule has 1 aromatic rings. The maximum Gasteiger partial charge on any atom is 0.292 e. The van der Waals surface area contributed by atoms with Crippen LogP contribution in [0.15, 0.2) is 18.2 Å². The average Bonchev–Trinajstić information content (AvgIpc) is 2.63. The third kappa shape index (κ3) is 3.21. The zero-order valence-electron chi connectivity index (χ0n) is 12.2. The molecule has 0 radical (unpaired) electrons. The number of nitro groups is 1. The van der Waals surface area contributed by atoms with Gasteiger partial charge in [-0.2, -0.15) is 0 Å². The summed E-state index contributed by atoms with van der Waals surface area (Å²) < 4.78 is 0. The van der Waals surface area contributed by atoms with Crippen LogP contribution in [0.3, 0.4) is 0 Å². The van der Waals surface area contributed by atoms with Crippen molar-refractivity contribution in [2.75, 3.05) is 23.7 Å². The van der Waals surface area contributed by atoms with Gasteiger partial charge < -0.3 is 10.6 Å². The van der Waals surface area contributed by atoms with Gasteiger partial charge >= 0.3 is 0 Å². The maximum absolute atomic E-state index is 10.8. The lowest BCUT2D eigenvalue weighted by Crippen LogP contribution is -2.24. The van der Waals surface area contributed by atoms with Gasteiger partial charge in [-0.15, -0.1) is 0 Å². The molecule has 1 unspecified atom stereocenters. The molecule has 2 rings (SSSR count). The zero-order chi connectivity index (χ0) is 14.7. The van der Waals surface area contributed by atoms with E-state index in [0.29, 0.717) is 0 Å². The van der Waals surface area contributed by atoms with Gasteiger partial charge in [-0.1, -0.05) is 13.8 Å². The van der Waals surface area contributed by atoms with Crippen molar-refractivity contribution in [2.45, 2.75) is 33.1 Å². The fourth-order valence-corrected chi connectivity index (χ4v) is 2.95. The molecular formula is C15H23N3O2. The van der Waals surface area contributed by atoms with Crippen LogP contribution in [-0.2, 0) is 0 Å². The van der Waals surface area contributed by atoms with E-state index in [-0.39, 0.29) is 11.4 Å². The summed E-state index contributed by atoms with van der Waals surface area (Å²) in [6.45, 7) is 6.56. The summed E-state index contributed by atoms with van der Waals surface area (Å²) in [7, 11) is 0. The Balaban J connectivity index is 2.12. The highest BCUT2D eigenvalue weighted by Gasteiger charge is 2.21. The van der Waals surface area contributed by atoms with Crippen molar-refractivity contribution in [2.24, 2.45) is 11.8 Å². The topological polar surface area (TPSA) is 72.4 Å². The standard InChI is InChI=1S/C15H23N3O2/c1-11(2)12-4-3-8-17(9-7-12)13-5-6-15(18(19)20)14(16)10-13/h5-6,10-12H,3-4,7-9,16H2,1-2H3. The summed E-state index contributed by atoms with van der Waals surface area (Å²) in [6.07, 6.45) is 3.60. The number of nitro benzene ring substituents is 1. The molecule has 5 heteroatoms. The van der Waals surface area contributed by atoms with Gasteiger partial charge in [0.05, 0.1) is 4.92 Å². The van der Waals surface area contributed by atoms with Crippen LogP contribution in [0.2, 0.25) is 0 Å². The molecule has 1 aliphatic heterocycles. The van der Waals surface area contributed by atoms with Gasteiger partial charge in [0.25, 0.3) is 5.69 Å². The molecule has 0 saturated carbocycles. The molecule has 1 heterocycles. The van der Waals surface area contributed by atoms with E-state index in [0.717, 1.165) is 30.6 Å². The monoisotopic (exact) mass is 277 g/mol. The summed E-state index contributed by atoms with van der Waals surface area (Å²) in [4.78, 5) is 12.7. The van der Waals surface area contributed by atoms with Gasteiger partial charge in [0, 0.05) is 24.8 Å². The second kappa shape index (κ2) is 6.11. The molecule has 5 nitrogen and oxygen atoms in total. The van der Waals surface area contributed by atoms with Crippen LogP contribution < -0.4 is 10.6 Å². The van der Waals surface area contributed by atoms with Gasteiger partial charge in [0.1, 0.15) is 5.69 Å². The molecule has 110 valence electrons. The first-order valence-electron chi connectivity index (χ1n) is 7.28. The Bertz CT molecular complexity index is 488. The van der Waals surface area contributed by atoms with E-state index in [2.05, 4.69) is 18.7 Å². The third-order valence-electron chi connectivity index (χ3n) is 4.29. The quantitative estimate of drug-likeness (QED) is 0.522. The van der Waals surface area contributed by atoms with Gasteiger partial charge in [0.2, 0.25) is 0 Å². The van der Waals surface area contributed by atoms with E-state index >= 15 is 0 Å². The average molecular weight is 277 g/mol. The SMILES string of the molecule is CC(C)C1CCCN(c2ccc([N+](=O)[O-])c(N)c2)CC1. The fourth-order valence-electron chi connectivity index (χ4n) is 2.95. The first kappa shape index (κ1) is 14.6. The highest BCUT2D eigenvalue weighted by atomic mass is 16.6. The number of nitrogens with zero attached hydrogens (tertiary/aromatic N) is 2. The number of nitrogens with two attached hydrogens (primary N) is 1. The van der Waals surface area contributed by atoms with Crippen molar-refractivity contribution >= 4 is 17.1 Å². The molecule has 0 amide bonds. The van der Waals surface area contributed by atoms with Crippen LogP contribution in [0, 0.1) is 22.0 Å². The lowest BCUT2D eigenvalue weighted by Gasteiger charge is -2.23. The van der Waals surface area contributed by atoms with Gasteiger partial charge in [-0.3, -0.25) is 10.1 Å². The normalized spacial score (nSPS) is 19.9. The van der Waals surface area contributed by atoms with Crippen LogP contribution in [0.25, 0.3) is 0 Å². The fraction of sp³-hybridized carbons (Fsp3) is 0.600. The minimum Gasteiger partial charge on any atom is -0.393 e. The Morgan fingerprint density at radius 1 is 1.35 bits per heavy atom. The van der Waals surface area contributed by atoms with Gasteiger partial charge in [0.15, 0.2) is 0 Å². The lowest BCUT2D eigenvalue weighted by molar-refractivity contribution is -0.383. The van der Waals surface area contributed by atoms with Crippen LogP contribution in [0.5, 0.6) is 0 Å². The molecule has 1 saturated heterocycles. The first-order valence-corrected chi connectivity index (χ1v) is 7.28. The minimum absolute atomic E-state index is 0.0105. The van der Waals surface area contributed by atoms with E-state index in [1.54, 1.807) is 6.07 Å². The van der Waals surface area contributed by atoms with Crippen LogP contribution in [-0.4, -0.2) is 18.0 Å². The Morgan fingerprint density at radius 3 is 2.70 bits per heavy atom. The van der Waals surface area contributed by atoms with Gasteiger partial charge in [-0.05, 0) is 43.2 Å². The molecule has 20 heavy (non-hydrogen) atoms. The number of rotatable bonds is 3. The lowest BCUT2D eigenvalue weighted by atomic mass is 9.89. The van der Waals surface area contributed by atoms with E-state index in [4.69, 9.17) is 5.73 Å². The summed E-state index contributed by atoms with van der Waals surface area (Å²) in [5.74, 6) is 1.49. The molecular weight excluding hydrogens is 254 g/mol. The molecule has 2 N–H and O–H groups in total. The summed E-state index contributed by atoms with van der Waals surface area (Å²) >= 11 is 0. The molecule has 1 aromatic carbocycles. The van der Waals surface area contributed by atoms with Crippen molar-refractivity contribution in [3.8, 4) is 0 Å². The van der Waals surface area contributed by atoms with E-state index in [1.165, 1.54) is 25.3 Å². The molecule has 0 spiro atoms. The highest BCUT2D eigenvalue weighted by molar-refractivity contribution is 5.66. The summed E-state index contributed by atoms with van der Waals surface area (Å²) in [6, 6.07) is 5.05. The van der Waals surface area contributed by atoms with Crippen molar-refractivity contribution in [3.05, 3.63) is 28.3 Å². The summed E-state index contributed by atoms with van der Waals surface area (Å²) in [5, 5.41) is 10.8. The second-order valence-electron chi connectivity index (χ2n) is 5.92. The van der Waals surface area contributed by atoms with Crippen LogP contribution in [0.1, 0.15) is 33.1 Å². The molecule has 1 atom stereocenters. The highest BCUT2D eigenvalue weighted by Crippen LogP contribution is 2.30. The number of hydrogen-bond donors (Lipinski definition) is 1. The number of nitrogen functional groups attached to an aromatic ring is 1. The zero-order valence-corrected chi connectivity index (χ0v) is 12.2. The van der Waals surface area contributed by atoms with E-state index in [1.807, 2.05) is 6.07 Å². The van der Waals surface area contributed by atoms with Crippen LogP contribution >= 0.6 is 0 Å². The Kier molecular flexibility index (Phi) is 4.47. The molecule has 1 aliphatic rings. The number of hydrogen-bond acceptors (Lipinski definition) is 4. The maximum atomic E-state index is 10.8. The summed E-state index contributed by atoms with van der Waals surface area (Å²) in [5.41, 5.74) is 7.01. The molecule has 0 aromatic heterocycles. The largest absolute Gasteiger partial charge is 0.393 e. The predicted molar refractivity (Wildman–Crippen MR) is 81.9 cm³/mol. The Labute approximate surface area is 119 Å². The van der Waals surface area contributed by atoms with E-state index < -0.39 is 4.92 Å². The molecule has 0 aliphatic carbocycles. The third-order valence-corrected chi connectivity index (χ3v) is 4.29. The van der Waals surface area contributed by atoms with E-state index in [9.17, 15) is 10.1 Å². The number of benzene rings is 1. The van der Waals surface area contributed by atoms with Crippen molar-refractivity contribution < 1.29 is 4.92 Å². The van der Waals surface area contributed by atoms with Crippen molar-refractivity contribution in [1.82, 2.24) is 0 Å². The van der Waals surface area contributed by atoms with Crippen LogP contribution in [0.4, 0.5) is 17.1 Å². The Morgan fingerprint density at radius 2 is 2.10 bits per heavy atom. The second-order valence-corrected chi connectivity index (χ2v) is 5.92. The minimum atomic E-state index is -0.434. The predicted octanol–water partition coefficient (Wildman–Crippen LogP) is 3.44. The molecule has 1 fully saturated rings. The van der Waals surface area contributed by atoms with Crippen molar-refractivity contribution in [3.63, 3.8) is 0 Å². The molecule has 0 bridgehead atoms. The van der Waals surface area contributed by atoms with Crippen molar-refractivity contribution in [1.29, 1.82) is 0 Å². The first-order chi connectivity index (χ1) is 9.49. The number of anilines is 2. The Hall–Kier alpha value is -1.78. The smallest absolute Gasteiger partial charge is 0.292 e. The van der Waals surface area contributed by atoms with Gasteiger partial charge in [-0.25, -0.2) is 0 Å².